The molecule has 2 aromatic carbocycles. The molecule has 0 saturated heterocycles. The first-order valence-corrected chi connectivity index (χ1v) is 12.2. The van der Waals surface area contributed by atoms with Gasteiger partial charge in [0, 0.05) is 12.2 Å². The molecule has 0 bridgehead atoms. The molecule has 0 aliphatic rings. The van der Waals surface area contributed by atoms with Gasteiger partial charge in [0.05, 0.1) is 17.3 Å². The predicted octanol–water partition coefficient (Wildman–Crippen LogP) is 3.04. The van der Waals surface area contributed by atoms with Crippen LogP contribution in [-0.2, 0) is 24.4 Å². The zero-order valence-electron chi connectivity index (χ0n) is 18.8. The van der Waals surface area contributed by atoms with E-state index in [-0.39, 0.29) is 28.9 Å². The van der Waals surface area contributed by atoms with E-state index in [9.17, 15) is 13.2 Å². The van der Waals surface area contributed by atoms with Gasteiger partial charge in [-0.3, -0.25) is 9.10 Å². The summed E-state index contributed by atoms with van der Waals surface area (Å²) in [6, 6.07) is 13.3. The van der Waals surface area contributed by atoms with Crippen molar-refractivity contribution < 1.29 is 33.0 Å². The van der Waals surface area contributed by atoms with Crippen LogP contribution in [0.15, 0.2) is 53.4 Å². The lowest BCUT2D eigenvalue weighted by Crippen LogP contribution is -2.31. The SMILES string of the molecule is CCCCNCC(=O)Nc1ccc(Cl)c(S(=O)(=O)N(CC)c2ccccc2)c1.O=C(O)C(=O)O. The minimum Gasteiger partial charge on any atom is -0.473 e. The fraction of sp³-hybridized carbons (Fsp3) is 0.318. The number of aliphatic carboxylic acids is 2. The average Bonchev–Trinajstić information content (AvgIpc) is 2.79. The first-order valence-electron chi connectivity index (χ1n) is 10.4. The summed E-state index contributed by atoms with van der Waals surface area (Å²) in [6.07, 6.45) is 2.03. The fourth-order valence-electron chi connectivity index (χ4n) is 2.69. The van der Waals surface area contributed by atoms with Gasteiger partial charge in [-0.25, -0.2) is 18.0 Å². The molecule has 0 unspecified atom stereocenters. The van der Waals surface area contributed by atoms with Crippen LogP contribution in [0.3, 0.4) is 0 Å². The van der Waals surface area contributed by atoms with Gasteiger partial charge in [-0.1, -0.05) is 43.1 Å². The molecular formula is C22H28ClN3O7S. The lowest BCUT2D eigenvalue weighted by Gasteiger charge is -2.23. The van der Waals surface area contributed by atoms with E-state index in [2.05, 4.69) is 17.6 Å². The van der Waals surface area contributed by atoms with Crippen molar-refractivity contribution in [3.05, 3.63) is 53.6 Å². The Labute approximate surface area is 203 Å². The molecule has 0 atom stereocenters. The minimum atomic E-state index is -3.88. The largest absolute Gasteiger partial charge is 0.473 e. The molecule has 0 aliphatic heterocycles. The number of halogens is 1. The maximum Gasteiger partial charge on any atom is 0.414 e. The smallest absolute Gasteiger partial charge is 0.414 e. The summed E-state index contributed by atoms with van der Waals surface area (Å²) < 4.78 is 27.6. The van der Waals surface area contributed by atoms with Crippen molar-refractivity contribution in [2.75, 3.05) is 29.3 Å². The fourth-order valence-corrected chi connectivity index (χ4v) is 4.67. The van der Waals surface area contributed by atoms with Crippen molar-refractivity contribution in [2.45, 2.75) is 31.6 Å². The summed E-state index contributed by atoms with van der Waals surface area (Å²) in [5.74, 6) is -3.89. The molecular weight excluding hydrogens is 486 g/mol. The molecule has 4 N–H and O–H groups in total. The lowest BCUT2D eigenvalue weighted by molar-refractivity contribution is -0.159. The van der Waals surface area contributed by atoms with Gasteiger partial charge in [-0.15, -0.1) is 0 Å². The molecule has 2 rings (SSSR count). The van der Waals surface area contributed by atoms with Crippen LogP contribution in [0.5, 0.6) is 0 Å². The molecule has 0 spiro atoms. The molecule has 0 aromatic heterocycles. The monoisotopic (exact) mass is 513 g/mol. The van der Waals surface area contributed by atoms with E-state index < -0.39 is 22.0 Å². The van der Waals surface area contributed by atoms with E-state index in [1.807, 2.05) is 6.07 Å². The van der Waals surface area contributed by atoms with Gasteiger partial charge in [0.2, 0.25) is 5.91 Å². The van der Waals surface area contributed by atoms with E-state index in [1.165, 1.54) is 16.4 Å². The predicted molar refractivity (Wildman–Crippen MR) is 130 cm³/mol. The third kappa shape index (κ3) is 9.00. The van der Waals surface area contributed by atoms with Crippen LogP contribution < -0.4 is 14.9 Å². The van der Waals surface area contributed by atoms with Gasteiger partial charge in [0.15, 0.2) is 0 Å². The Morgan fingerprint density at radius 1 is 1.00 bits per heavy atom. The van der Waals surface area contributed by atoms with Crippen molar-refractivity contribution >= 4 is 50.8 Å². The van der Waals surface area contributed by atoms with Gasteiger partial charge in [0.1, 0.15) is 4.90 Å². The van der Waals surface area contributed by atoms with E-state index in [4.69, 9.17) is 31.4 Å². The number of benzene rings is 2. The molecule has 0 radical (unpaired) electrons. The number of para-hydroxylation sites is 1. The van der Waals surface area contributed by atoms with Crippen LogP contribution in [-0.4, -0.2) is 56.1 Å². The van der Waals surface area contributed by atoms with Crippen LogP contribution >= 0.6 is 11.6 Å². The van der Waals surface area contributed by atoms with Crippen molar-refractivity contribution in [3.63, 3.8) is 0 Å². The highest BCUT2D eigenvalue weighted by atomic mass is 35.5. The Kier molecular flexibility index (Phi) is 12.1. The number of carboxylic acid groups (broad SMARTS) is 2. The van der Waals surface area contributed by atoms with E-state index >= 15 is 0 Å². The number of carbonyl (C=O) groups is 3. The average molecular weight is 514 g/mol. The normalized spacial score (nSPS) is 10.6. The summed E-state index contributed by atoms with van der Waals surface area (Å²) in [4.78, 5) is 30.2. The number of hydrogen-bond donors (Lipinski definition) is 4. The topological polar surface area (TPSA) is 153 Å². The maximum absolute atomic E-state index is 13.2. The number of nitrogens with zero attached hydrogens (tertiary/aromatic N) is 1. The highest BCUT2D eigenvalue weighted by Gasteiger charge is 2.26. The summed E-state index contributed by atoms with van der Waals surface area (Å²) in [5, 5.41) is 20.6. The molecule has 0 heterocycles. The van der Waals surface area contributed by atoms with Crippen LogP contribution in [0.4, 0.5) is 11.4 Å². The Balaban J connectivity index is 0.000000852. The van der Waals surface area contributed by atoms with E-state index in [0.29, 0.717) is 11.4 Å². The molecule has 1 amide bonds. The van der Waals surface area contributed by atoms with Crippen molar-refractivity contribution in [2.24, 2.45) is 0 Å². The van der Waals surface area contributed by atoms with Crippen molar-refractivity contribution in [1.82, 2.24) is 5.32 Å². The number of carbonyl (C=O) groups excluding carboxylic acids is 1. The number of rotatable bonds is 10. The summed E-state index contributed by atoms with van der Waals surface area (Å²) in [5.41, 5.74) is 0.935. The molecule has 12 heteroatoms. The first-order chi connectivity index (χ1) is 16.0. The number of nitrogens with one attached hydrogen (secondary N) is 2. The van der Waals surface area contributed by atoms with Crippen molar-refractivity contribution in [1.29, 1.82) is 0 Å². The second kappa shape index (κ2) is 14.2. The van der Waals surface area contributed by atoms with Gasteiger partial charge in [-0.2, -0.15) is 0 Å². The third-order valence-corrected chi connectivity index (χ3v) is 6.67. The summed E-state index contributed by atoms with van der Waals surface area (Å²) in [7, 11) is -3.88. The van der Waals surface area contributed by atoms with Crippen LogP contribution in [0.25, 0.3) is 0 Å². The highest BCUT2D eigenvalue weighted by Crippen LogP contribution is 2.30. The molecule has 0 aliphatic carbocycles. The first kappa shape index (κ1) is 28.9. The van der Waals surface area contributed by atoms with E-state index in [1.54, 1.807) is 37.3 Å². The highest BCUT2D eigenvalue weighted by molar-refractivity contribution is 7.93. The summed E-state index contributed by atoms with van der Waals surface area (Å²) >= 11 is 6.19. The van der Waals surface area contributed by atoms with Gasteiger partial charge in [0.25, 0.3) is 10.0 Å². The number of sulfonamides is 1. The second-order valence-electron chi connectivity index (χ2n) is 6.84. The maximum atomic E-state index is 13.2. The Hall–Kier alpha value is -3.15. The Morgan fingerprint density at radius 2 is 1.62 bits per heavy atom. The number of amides is 1. The number of unbranched alkanes of at least 4 members (excludes halogenated alkanes) is 1. The zero-order chi connectivity index (χ0) is 25.7. The van der Waals surface area contributed by atoms with Gasteiger partial charge in [-0.05, 0) is 50.2 Å². The van der Waals surface area contributed by atoms with Gasteiger partial charge < -0.3 is 20.8 Å². The van der Waals surface area contributed by atoms with Crippen LogP contribution in [0.1, 0.15) is 26.7 Å². The summed E-state index contributed by atoms with van der Waals surface area (Å²) in [6.45, 7) is 5.00. The molecule has 10 nitrogen and oxygen atoms in total. The molecule has 34 heavy (non-hydrogen) atoms. The lowest BCUT2D eigenvalue weighted by atomic mass is 10.3. The van der Waals surface area contributed by atoms with Crippen LogP contribution in [0, 0.1) is 0 Å². The number of anilines is 2. The van der Waals surface area contributed by atoms with E-state index in [0.717, 1.165) is 19.4 Å². The molecule has 186 valence electrons. The zero-order valence-corrected chi connectivity index (χ0v) is 20.4. The van der Waals surface area contributed by atoms with Gasteiger partial charge >= 0.3 is 11.9 Å². The second-order valence-corrected chi connectivity index (χ2v) is 9.08. The quantitative estimate of drug-likeness (QED) is 0.279. The molecule has 2 aromatic rings. The third-order valence-electron chi connectivity index (χ3n) is 4.29. The Morgan fingerprint density at radius 3 is 2.15 bits per heavy atom. The number of carboxylic acids is 2. The van der Waals surface area contributed by atoms with Crippen LogP contribution in [0.2, 0.25) is 5.02 Å². The Bertz CT molecular complexity index is 1070. The molecule has 0 saturated carbocycles. The van der Waals surface area contributed by atoms with Crippen molar-refractivity contribution in [3.8, 4) is 0 Å². The number of hydrogen-bond acceptors (Lipinski definition) is 6. The standard InChI is InChI=1S/C20H26ClN3O3S.C2H2O4/c1-3-5-13-22-15-20(25)23-16-11-12-18(21)19(14-16)28(26,27)24(4-2)17-9-7-6-8-10-17;3-1(4)2(5)6/h6-12,14,22H,3-5,13,15H2,1-2H3,(H,23,25);(H,3,4)(H,5,6). The minimum absolute atomic E-state index is 0.0448. The molecule has 0 fully saturated rings.